The lowest BCUT2D eigenvalue weighted by molar-refractivity contribution is -0.125. The second kappa shape index (κ2) is 4.69. The normalized spacial score (nSPS) is 21.7. The zero-order chi connectivity index (χ0) is 17.2. The molecule has 2 aromatic rings. The number of carbonyl (C=O) groups is 2. The Morgan fingerprint density at radius 1 is 1.17 bits per heavy atom. The highest BCUT2D eigenvalue weighted by atomic mass is 16.2. The van der Waals surface area contributed by atoms with Gasteiger partial charge in [0.15, 0.2) is 0 Å². The largest absolute Gasteiger partial charge is 0.324 e. The summed E-state index contributed by atoms with van der Waals surface area (Å²) in [5.74, 6) is 0.320. The third-order valence-corrected chi connectivity index (χ3v) is 4.99. The molecule has 3 heterocycles. The van der Waals surface area contributed by atoms with Crippen LogP contribution in [0.15, 0.2) is 18.3 Å². The summed E-state index contributed by atoms with van der Waals surface area (Å²) in [5, 5.41) is 10.3. The molecule has 0 bridgehead atoms. The van der Waals surface area contributed by atoms with Gasteiger partial charge in [-0.05, 0) is 38.8 Å². The van der Waals surface area contributed by atoms with E-state index >= 15 is 0 Å². The fraction of sp³-hybridized carbons (Fsp3) is 0.389. The number of rotatable bonds is 1. The Morgan fingerprint density at radius 3 is 2.62 bits per heavy atom. The van der Waals surface area contributed by atoms with Crippen molar-refractivity contribution in [1.29, 1.82) is 0 Å². The Bertz CT molecular complexity index is 897. The summed E-state index contributed by atoms with van der Waals surface area (Å²) < 4.78 is 1.77. The molecule has 0 unspecified atom stereocenters. The van der Waals surface area contributed by atoms with Crippen molar-refractivity contribution < 1.29 is 9.59 Å². The molecule has 0 radical (unpaired) electrons. The van der Waals surface area contributed by atoms with Gasteiger partial charge in [0.2, 0.25) is 11.8 Å². The van der Waals surface area contributed by atoms with Crippen LogP contribution >= 0.6 is 0 Å². The topological polar surface area (TPSA) is 76.0 Å². The molecule has 1 atom stereocenters. The fourth-order valence-electron chi connectivity index (χ4n) is 3.96. The second-order valence-electron chi connectivity index (χ2n) is 7.03. The van der Waals surface area contributed by atoms with Gasteiger partial charge in [0.25, 0.3) is 0 Å². The molecule has 6 heteroatoms. The van der Waals surface area contributed by atoms with E-state index in [0.29, 0.717) is 5.82 Å². The van der Waals surface area contributed by atoms with E-state index in [1.165, 1.54) is 0 Å². The number of amides is 2. The quantitative estimate of drug-likeness (QED) is 0.847. The number of anilines is 2. The smallest absolute Gasteiger partial charge is 0.240 e. The summed E-state index contributed by atoms with van der Waals surface area (Å²) in [4.78, 5) is 25.5. The maximum atomic E-state index is 13.0. The Hall–Kier alpha value is -2.63. The third kappa shape index (κ3) is 1.74. The summed E-state index contributed by atoms with van der Waals surface area (Å²) in [6.45, 7) is 7.98. The Kier molecular flexibility index (Phi) is 2.92. The third-order valence-electron chi connectivity index (χ3n) is 4.99. The number of fused-ring (bicyclic) bond motifs is 4. The molecule has 6 nitrogen and oxygen atoms in total. The standard InChI is InChI=1S/C18H20N4O2/c1-9(2)22-16-13(8-19-22)18(7-14(23)20-16)12-6-10(3)5-11(4)15(12)21-17(18)24/h5-6,8-9H,7H2,1-4H3,(H,20,23)(H,21,24)/t18-/m1/s1. The molecule has 0 saturated carbocycles. The van der Waals surface area contributed by atoms with Crippen molar-refractivity contribution in [3.05, 3.63) is 40.6 Å². The Balaban J connectivity index is 2.04. The molecule has 0 aliphatic carbocycles. The summed E-state index contributed by atoms with van der Waals surface area (Å²) in [7, 11) is 0. The first-order valence-electron chi connectivity index (χ1n) is 8.15. The summed E-state index contributed by atoms with van der Waals surface area (Å²) in [6.07, 6.45) is 1.83. The lowest BCUT2D eigenvalue weighted by atomic mass is 9.71. The minimum atomic E-state index is -0.989. The first kappa shape index (κ1) is 14.9. The van der Waals surface area contributed by atoms with Crippen LogP contribution in [0.2, 0.25) is 0 Å². The SMILES string of the molecule is Cc1cc(C)c2c(c1)[C@@]1(CC(=O)Nc3c1cnn3C(C)C)C(=O)N2. The van der Waals surface area contributed by atoms with Crippen LogP contribution in [0.3, 0.4) is 0 Å². The van der Waals surface area contributed by atoms with Crippen molar-refractivity contribution in [2.45, 2.75) is 45.6 Å². The van der Waals surface area contributed by atoms with Gasteiger partial charge < -0.3 is 10.6 Å². The number of hydrogen-bond donors (Lipinski definition) is 2. The number of benzene rings is 1. The van der Waals surface area contributed by atoms with Crippen molar-refractivity contribution in [2.75, 3.05) is 10.6 Å². The molecular formula is C18H20N4O2. The molecule has 1 aromatic heterocycles. The van der Waals surface area contributed by atoms with E-state index in [9.17, 15) is 9.59 Å². The minimum absolute atomic E-state index is 0.0902. The average Bonchev–Trinajstić information content (AvgIpc) is 3.02. The number of aromatic nitrogens is 2. The minimum Gasteiger partial charge on any atom is -0.324 e. The molecule has 124 valence electrons. The van der Waals surface area contributed by atoms with Gasteiger partial charge >= 0.3 is 0 Å². The van der Waals surface area contributed by atoms with Crippen LogP contribution in [0, 0.1) is 13.8 Å². The molecule has 2 aliphatic heterocycles. The van der Waals surface area contributed by atoms with Gasteiger partial charge in [-0.15, -0.1) is 0 Å². The zero-order valence-electron chi connectivity index (χ0n) is 14.2. The molecule has 2 amide bonds. The highest BCUT2D eigenvalue weighted by molar-refractivity contribution is 6.15. The van der Waals surface area contributed by atoms with E-state index in [0.717, 1.165) is 27.9 Å². The summed E-state index contributed by atoms with van der Waals surface area (Å²) in [6, 6.07) is 4.14. The van der Waals surface area contributed by atoms with Gasteiger partial charge in [0.05, 0.1) is 6.20 Å². The van der Waals surface area contributed by atoms with Gasteiger partial charge in [0, 0.05) is 23.7 Å². The zero-order valence-corrected chi connectivity index (χ0v) is 14.2. The van der Waals surface area contributed by atoms with E-state index in [1.807, 2.05) is 39.8 Å². The molecule has 0 saturated heterocycles. The number of aryl methyl sites for hydroxylation is 2. The van der Waals surface area contributed by atoms with Gasteiger partial charge in [-0.2, -0.15) is 5.10 Å². The van der Waals surface area contributed by atoms with E-state index in [2.05, 4.69) is 15.7 Å². The van der Waals surface area contributed by atoms with Gasteiger partial charge in [0.1, 0.15) is 11.2 Å². The number of hydrogen-bond acceptors (Lipinski definition) is 3. The molecule has 2 aliphatic rings. The van der Waals surface area contributed by atoms with E-state index < -0.39 is 5.41 Å². The maximum Gasteiger partial charge on any atom is 0.240 e. The molecule has 2 N–H and O–H groups in total. The van der Waals surface area contributed by atoms with E-state index in [4.69, 9.17) is 0 Å². The molecule has 0 fully saturated rings. The maximum absolute atomic E-state index is 13.0. The molecule has 1 spiro atoms. The van der Waals surface area contributed by atoms with Crippen molar-refractivity contribution >= 4 is 23.3 Å². The molecule has 4 rings (SSSR count). The van der Waals surface area contributed by atoms with E-state index in [-0.39, 0.29) is 24.3 Å². The van der Waals surface area contributed by atoms with Crippen molar-refractivity contribution in [3.63, 3.8) is 0 Å². The van der Waals surface area contributed by atoms with Crippen LogP contribution in [0.5, 0.6) is 0 Å². The van der Waals surface area contributed by atoms with Crippen LogP contribution in [0.25, 0.3) is 0 Å². The molecule has 24 heavy (non-hydrogen) atoms. The monoisotopic (exact) mass is 324 g/mol. The molecular weight excluding hydrogens is 304 g/mol. The molecule has 1 aromatic carbocycles. The van der Waals surface area contributed by atoms with Crippen LogP contribution < -0.4 is 10.6 Å². The van der Waals surface area contributed by atoms with Crippen LogP contribution in [0.1, 0.15) is 48.6 Å². The van der Waals surface area contributed by atoms with Crippen LogP contribution in [-0.2, 0) is 15.0 Å². The highest BCUT2D eigenvalue weighted by Gasteiger charge is 2.54. The van der Waals surface area contributed by atoms with Gasteiger partial charge in [-0.3, -0.25) is 9.59 Å². The van der Waals surface area contributed by atoms with Crippen molar-refractivity contribution in [2.24, 2.45) is 0 Å². The van der Waals surface area contributed by atoms with Crippen LogP contribution in [-0.4, -0.2) is 21.6 Å². The predicted octanol–water partition coefficient (Wildman–Crippen LogP) is 2.66. The highest BCUT2D eigenvalue weighted by Crippen LogP contribution is 2.51. The number of nitrogens with zero attached hydrogens (tertiary/aromatic N) is 2. The van der Waals surface area contributed by atoms with Gasteiger partial charge in [-0.1, -0.05) is 17.7 Å². The number of carbonyl (C=O) groups excluding carboxylic acids is 2. The average molecular weight is 324 g/mol. The Labute approximate surface area is 140 Å². The lowest BCUT2D eigenvalue weighted by Crippen LogP contribution is -2.43. The van der Waals surface area contributed by atoms with Crippen molar-refractivity contribution in [3.8, 4) is 0 Å². The predicted molar refractivity (Wildman–Crippen MR) is 91.2 cm³/mol. The summed E-state index contributed by atoms with van der Waals surface area (Å²) in [5.41, 5.74) is 3.58. The van der Waals surface area contributed by atoms with E-state index in [1.54, 1.807) is 10.9 Å². The van der Waals surface area contributed by atoms with Crippen LogP contribution in [0.4, 0.5) is 11.5 Å². The first-order chi connectivity index (χ1) is 11.3. The number of nitrogens with one attached hydrogen (secondary N) is 2. The fourth-order valence-corrected chi connectivity index (χ4v) is 3.96. The lowest BCUT2D eigenvalue weighted by Gasteiger charge is -2.32. The summed E-state index contributed by atoms with van der Waals surface area (Å²) >= 11 is 0. The van der Waals surface area contributed by atoms with Crippen molar-refractivity contribution in [1.82, 2.24) is 9.78 Å². The van der Waals surface area contributed by atoms with Gasteiger partial charge in [-0.25, -0.2) is 4.68 Å². The Morgan fingerprint density at radius 2 is 1.92 bits per heavy atom. The first-order valence-corrected chi connectivity index (χ1v) is 8.15. The second-order valence-corrected chi connectivity index (χ2v) is 7.03.